The third-order valence-corrected chi connectivity index (χ3v) is 8.31. The van der Waals surface area contributed by atoms with E-state index in [0.717, 1.165) is 37.8 Å². The van der Waals surface area contributed by atoms with Crippen molar-refractivity contribution in [2.75, 3.05) is 33.2 Å². The number of carbonyl (C=O) groups excluding carboxylic acids is 3. The van der Waals surface area contributed by atoms with Gasteiger partial charge in [-0.25, -0.2) is 4.79 Å². The Morgan fingerprint density at radius 1 is 1.06 bits per heavy atom. The number of likely N-dealkylation sites (N-methyl/N-ethyl adjacent to an activating group) is 1. The van der Waals surface area contributed by atoms with Gasteiger partial charge in [-0.1, -0.05) is 6.08 Å². The number of hydrogen-bond acceptors (Lipinski definition) is 5. The molecule has 192 valence electrons. The minimum absolute atomic E-state index is 0.0178. The first kappa shape index (κ1) is 25.7. The molecule has 1 unspecified atom stereocenters. The van der Waals surface area contributed by atoms with Crippen LogP contribution in [-0.2, 0) is 9.53 Å². The van der Waals surface area contributed by atoms with Crippen LogP contribution in [0.3, 0.4) is 0 Å². The molecule has 1 atom stereocenters. The lowest BCUT2D eigenvalue weighted by atomic mass is 9.84. The van der Waals surface area contributed by atoms with Crippen LogP contribution < -0.4 is 0 Å². The van der Waals surface area contributed by atoms with E-state index in [2.05, 4.69) is 12.1 Å². The van der Waals surface area contributed by atoms with Crippen molar-refractivity contribution in [2.45, 2.75) is 77.2 Å². The number of ether oxygens (including phenoxy) is 1. The molecular formula is C27H39N3O4S. The first-order chi connectivity index (χ1) is 16.6. The van der Waals surface area contributed by atoms with Gasteiger partial charge in [0, 0.05) is 42.6 Å². The number of likely N-dealkylation sites (tertiary alicyclic amines) is 2. The SMILES string of the molecule is CN(CC(=O)N1CCC(c2cc(C(=O)N3CCCC4CCCC=C43)cs2)CC1)C(=O)OC(C)(C)C. The van der Waals surface area contributed by atoms with Gasteiger partial charge >= 0.3 is 6.09 Å². The predicted molar refractivity (Wildman–Crippen MR) is 137 cm³/mol. The van der Waals surface area contributed by atoms with Crippen molar-refractivity contribution in [1.29, 1.82) is 0 Å². The molecule has 3 heterocycles. The highest BCUT2D eigenvalue weighted by molar-refractivity contribution is 7.10. The molecule has 2 saturated heterocycles. The summed E-state index contributed by atoms with van der Waals surface area (Å²) >= 11 is 1.67. The molecule has 3 aliphatic rings. The van der Waals surface area contributed by atoms with Gasteiger partial charge in [0.15, 0.2) is 0 Å². The molecule has 7 nitrogen and oxygen atoms in total. The van der Waals surface area contributed by atoms with Crippen molar-refractivity contribution in [1.82, 2.24) is 14.7 Å². The van der Waals surface area contributed by atoms with Crippen LogP contribution in [-0.4, -0.2) is 71.4 Å². The normalized spacial score (nSPS) is 21.3. The van der Waals surface area contributed by atoms with Crippen LogP contribution in [0.15, 0.2) is 23.2 Å². The number of thiophene rings is 1. The number of amides is 3. The second-order valence-corrected chi connectivity index (χ2v) is 12.0. The third kappa shape index (κ3) is 6.26. The molecule has 0 saturated carbocycles. The summed E-state index contributed by atoms with van der Waals surface area (Å²) in [6.45, 7) is 7.60. The molecule has 0 aromatic carbocycles. The maximum atomic E-state index is 13.3. The predicted octanol–water partition coefficient (Wildman–Crippen LogP) is 5.24. The van der Waals surface area contributed by atoms with E-state index in [1.54, 1.807) is 18.4 Å². The molecule has 2 aliphatic heterocycles. The fourth-order valence-corrected chi connectivity index (χ4v) is 6.41. The van der Waals surface area contributed by atoms with Crippen molar-refractivity contribution in [3.05, 3.63) is 33.7 Å². The maximum absolute atomic E-state index is 13.3. The van der Waals surface area contributed by atoms with Gasteiger partial charge in [-0.2, -0.15) is 0 Å². The fraction of sp³-hybridized carbons (Fsp3) is 0.667. The van der Waals surface area contributed by atoms with Crippen LogP contribution in [0.1, 0.15) is 86.9 Å². The first-order valence-corrected chi connectivity index (χ1v) is 13.8. The Hall–Kier alpha value is -2.35. The molecule has 1 aromatic heterocycles. The summed E-state index contributed by atoms with van der Waals surface area (Å²) in [7, 11) is 1.59. The van der Waals surface area contributed by atoms with Crippen molar-refractivity contribution in [3.63, 3.8) is 0 Å². The number of allylic oxidation sites excluding steroid dienone is 2. The summed E-state index contributed by atoms with van der Waals surface area (Å²) in [6.07, 6.45) is 9.34. The van der Waals surface area contributed by atoms with E-state index in [0.29, 0.717) is 24.9 Å². The van der Waals surface area contributed by atoms with Gasteiger partial charge in [0.05, 0.1) is 5.56 Å². The zero-order valence-electron chi connectivity index (χ0n) is 21.5. The molecule has 0 N–H and O–H groups in total. The zero-order valence-corrected chi connectivity index (χ0v) is 22.4. The average Bonchev–Trinajstić information content (AvgIpc) is 3.32. The highest BCUT2D eigenvalue weighted by atomic mass is 32.1. The second kappa shape index (κ2) is 10.7. The lowest BCUT2D eigenvalue weighted by Gasteiger charge is -2.37. The Morgan fingerprint density at radius 2 is 1.77 bits per heavy atom. The molecule has 0 radical (unpaired) electrons. The molecule has 1 aromatic rings. The molecule has 35 heavy (non-hydrogen) atoms. The largest absolute Gasteiger partial charge is 0.444 e. The summed E-state index contributed by atoms with van der Waals surface area (Å²) in [5.41, 5.74) is 1.47. The summed E-state index contributed by atoms with van der Waals surface area (Å²) in [4.78, 5) is 44.7. The topological polar surface area (TPSA) is 70.2 Å². The lowest BCUT2D eigenvalue weighted by molar-refractivity contribution is -0.133. The average molecular weight is 502 g/mol. The number of hydrogen-bond donors (Lipinski definition) is 0. The smallest absolute Gasteiger partial charge is 0.410 e. The minimum atomic E-state index is -0.587. The van der Waals surface area contributed by atoms with Gasteiger partial charge < -0.3 is 19.4 Å². The quantitative estimate of drug-likeness (QED) is 0.566. The van der Waals surface area contributed by atoms with Crippen LogP contribution >= 0.6 is 11.3 Å². The molecule has 0 bridgehead atoms. The van der Waals surface area contributed by atoms with Crippen LogP contribution in [0.4, 0.5) is 4.79 Å². The highest BCUT2D eigenvalue weighted by Gasteiger charge is 2.32. The maximum Gasteiger partial charge on any atom is 0.410 e. The summed E-state index contributed by atoms with van der Waals surface area (Å²) in [5.74, 6) is 0.996. The van der Waals surface area contributed by atoms with Crippen molar-refractivity contribution >= 4 is 29.2 Å². The molecule has 0 spiro atoms. The van der Waals surface area contributed by atoms with Gasteiger partial charge in [0.25, 0.3) is 5.91 Å². The Labute approximate surface area is 213 Å². The second-order valence-electron chi connectivity index (χ2n) is 11.1. The molecule has 3 amide bonds. The van der Waals surface area contributed by atoms with E-state index in [1.165, 1.54) is 34.7 Å². The van der Waals surface area contributed by atoms with Crippen LogP contribution in [0, 0.1) is 5.92 Å². The fourth-order valence-electron chi connectivity index (χ4n) is 5.35. The lowest BCUT2D eigenvalue weighted by Crippen LogP contribution is -2.45. The van der Waals surface area contributed by atoms with Crippen LogP contribution in [0.5, 0.6) is 0 Å². The minimum Gasteiger partial charge on any atom is -0.444 e. The van der Waals surface area contributed by atoms with E-state index in [1.807, 2.05) is 36.0 Å². The Bertz CT molecular complexity index is 971. The highest BCUT2D eigenvalue weighted by Crippen LogP contribution is 2.37. The Morgan fingerprint density at radius 3 is 2.49 bits per heavy atom. The van der Waals surface area contributed by atoms with Crippen molar-refractivity contribution in [3.8, 4) is 0 Å². The standard InChI is InChI=1S/C27H39N3O4S/c1-27(2,3)34-26(33)28(4)17-24(31)29-14-11-20(12-15-29)23-16-21(18-35-23)25(32)30-13-7-9-19-8-5-6-10-22(19)30/h10,16,18-20H,5-9,11-15,17H2,1-4H3. The van der Waals surface area contributed by atoms with Gasteiger partial charge in [-0.05, 0) is 83.6 Å². The number of carbonyl (C=O) groups is 3. The summed E-state index contributed by atoms with van der Waals surface area (Å²) < 4.78 is 5.34. The zero-order chi connectivity index (χ0) is 25.2. The third-order valence-electron chi connectivity index (χ3n) is 7.21. The van der Waals surface area contributed by atoms with Crippen LogP contribution in [0.2, 0.25) is 0 Å². The first-order valence-electron chi connectivity index (χ1n) is 12.9. The number of fused-ring (bicyclic) bond motifs is 1. The van der Waals surface area contributed by atoms with Gasteiger partial charge in [-0.3, -0.25) is 9.59 Å². The van der Waals surface area contributed by atoms with E-state index in [9.17, 15) is 14.4 Å². The summed E-state index contributed by atoms with van der Waals surface area (Å²) in [5, 5.41) is 2.01. The Balaban J connectivity index is 1.30. The molecular weight excluding hydrogens is 462 g/mol. The number of piperidine rings is 2. The van der Waals surface area contributed by atoms with Gasteiger partial charge in [0.1, 0.15) is 12.1 Å². The van der Waals surface area contributed by atoms with E-state index < -0.39 is 11.7 Å². The Kier molecular flexibility index (Phi) is 7.89. The number of rotatable bonds is 4. The summed E-state index contributed by atoms with van der Waals surface area (Å²) in [6, 6.07) is 2.08. The van der Waals surface area contributed by atoms with E-state index in [-0.39, 0.29) is 18.4 Å². The molecule has 4 rings (SSSR count). The van der Waals surface area contributed by atoms with E-state index >= 15 is 0 Å². The van der Waals surface area contributed by atoms with Gasteiger partial charge in [-0.15, -0.1) is 11.3 Å². The van der Waals surface area contributed by atoms with Gasteiger partial charge in [0.2, 0.25) is 5.91 Å². The molecule has 2 fully saturated rings. The van der Waals surface area contributed by atoms with Crippen LogP contribution in [0.25, 0.3) is 0 Å². The monoisotopic (exact) mass is 501 g/mol. The van der Waals surface area contributed by atoms with Crippen molar-refractivity contribution < 1.29 is 19.1 Å². The van der Waals surface area contributed by atoms with Crippen molar-refractivity contribution in [2.24, 2.45) is 5.92 Å². The molecule has 8 heteroatoms. The van der Waals surface area contributed by atoms with E-state index in [4.69, 9.17) is 4.74 Å². The molecule has 1 aliphatic carbocycles. The number of nitrogens with zero attached hydrogens (tertiary/aromatic N) is 3.